The highest BCUT2D eigenvalue weighted by Crippen LogP contribution is 2.17. The molecule has 2 rings (SSSR count). The van der Waals surface area contributed by atoms with E-state index in [1.54, 1.807) is 0 Å². The van der Waals surface area contributed by atoms with E-state index in [1.165, 1.54) is 7.11 Å². The highest BCUT2D eigenvalue weighted by Gasteiger charge is 2.22. The van der Waals surface area contributed by atoms with Gasteiger partial charge < -0.3 is 14.8 Å². The van der Waals surface area contributed by atoms with Gasteiger partial charge in [0.05, 0.1) is 13.7 Å². The van der Waals surface area contributed by atoms with Gasteiger partial charge in [0, 0.05) is 10.9 Å². The number of hydrogen-bond acceptors (Lipinski definition) is 4. The van der Waals surface area contributed by atoms with E-state index in [0.29, 0.717) is 13.0 Å². The van der Waals surface area contributed by atoms with Crippen molar-refractivity contribution in [2.24, 2.45) is 0 Å². The van der Waals surface area contributed by atoms with Crippen molar-refractivity contribution in [2.75, 3.05) is 13.7 Å². The number of nitrogens with one attached hydrogen (secondary N) is 1. The van der Waals surface area contributed by atoms with Crippen molar-refractivity contribution < 1.29 is 19.1 Å². The lowest BCUT2D eigenvalue weighted by Gasteiger charge is -2.17. The Kier molecular flexibility index (Phi) is 7.63. The van der Waals surface area contributed by atoms with Crippen molar-refractivity contribution in [3.05, 3.63) is 70.2 Å². The van der Waals surface area contributed by atoms with Gasteiger partial charge in [0.1, 0.15) is 12.6 Å². The van der Waals surface area contributed by atoms with Gasteiger partial charge in [0.2, 0.25) is 5.91 Å². The van der Waals surface area contributed by atoms with Gasteiger partial charge in [-0.3, -0.25) is 4.79 Å². The van der Waals surface area contributed by atoms with E-state index in [1.807, 2.05) is 54.6 Å². The van der Waals surface area contributed by atoms with Crippen LogP contribution in [-0.2, 0) is 32.1 Å². The number of amides is 1. The molecule has 0 bridgehead atoms. The molecule has 0 aliphatic heterocycles. The third-order valence-electron chi connectivity index (χ3n) is 3.55. The Morgan fingerprint density at radius 2 is 1.76 bits per heavy atom. The van der Waals surface area contributed by atoms with Crippen LogP contribution < -0.4 is 5.32 Å². The summed E-state index contributed by atoms with van der Waals surface area (Å²) in [6, 6.07) is 16.3. The van der Waals surface area contributed by atoms with Gasteiger partial charge in [0.25, 0.3) is 0 Å². The minimum absolute atomic E-state index is 0.127. The molecule has 5 nitrogen and oxygen atoms in total. The minimum atomic E-state index is -0.767. The van der Waals surface area contributed by atoms with Crippen molar-refractivity contribution >= 4 is 27.8 Å². The molecule has 132 valence electrons. The van der Waals surface area contributed by atoms with E-state index in [4.69, 9.17) is 9.47 Å². The van der Waals surface area contributed by atoms with Crippen LogP contribution in [0.15, 0.2) is 59.1 Å². The summed E-state index contributed by atoms with van der Waals surface area (Å²) in [6.07, 6.45) is 0.332. The molecule has 2 aromatic carbocycles. The van der Waals surface area contributed by atoms with Gasteiger partial charge in [-0.05, 0) is 17.2 Å². The zero-order valence-corrected chi connectivity index (χ0v) is 15.5. The first-order valence-corrected chi connectivity index (χ1v) is 8.61. The Labute approximate surface area is 155 Å². The number of ether oxygens (including phenoxy) is 2. The molecule has 2 aromatic rings. The lowest BCUT2D eigenvalue weighted by Crippen LogP contribution is -2.44. The van der Waals surface area contributed by atoms with E-state index in [0.717, 1.165) is 15.6 Å². The van der Waals surface area contributed by atoms with E-state index in [-0.39, 0.29) is 12.5 Å². The molecule has 0 saturated carbocycles. The van der Waals surface area contributed by atoms with Crippen LogP contribution in [0.25, 0.3) is 0 Å². The number of hydrogen-bond donors (Lipinski definition) is 1. The molecule has 25 heavy (non-hydrogen) atoms. The molecule has 1 amide bonds. The summed E-state index contributed by atoms with van der Waals surface area (Å²) in [5, 5.41) is 2.67. The molecule has 0 heterocycles. The Bertz CT molecular complexity index is 706. The fraction of sp³-hybridized carbons (Fsp3) is 0.263. The molecule has 0 spiro atoms. The highest BCUT2D eigenvalue weighted by molar-refractivity contribution is 9.10. The number of benzene rings is 2. The average molecular weight is 406 g/mol. The van der Waals surface area contributed by atoms with E-state index in [9.17, 15) is 9.59 Å². The Balaban J connectivity index is 1.89. The third-order valence-corrected chi connectivity index (χ3v) is 4.32. The molecule has 0 aromatic heterocycles. The van der Waals surface area contributed by atoms with Crippen LogP contribution in [-0.4, -0.2) is 31.6 Å². The highest BCUT2D eigenvalue weighted by atomic mass is 79.9. The van der Waals surface area contributed by atoms with Crippen molar-refractivity contribution in [2.45, 2.75) is 19.1 Å². The normalized spacial score (nSPS) is 11.6. The lowest BCUT2D eigenvalue weighted by atomic mass is 10.1. The number of rotatable bonds is 8. The number of esters is 1. The topological polar surface area (TPSA) is 64.6 Å². The summed E-state index contributed by atoms with van der Waals surface area (Å²) in [4.78, 5) is 24.0. The van der Waals surface area contributed by atoms with Crippen LogP contribution in [0.5, 0.6) is 0 Å². The standard InChI is InChI=1S/C19H20BrNO4/c1-24-19(23)17(11-15-9-5-6-10-16(15)20)21-18(22)13-25-12-14-7-3-2-4-8-14/h2-10,17H,11-13H2,1H3,(H,21,22)/t17-/m1/s1. The molecule has 0 aliphatic rings. The fourth-order valence-corrected chi connectivity index (χ4v) is 2.74. The van der Waals surface area contributed by atoms with Crippen molar-refractivity contribution in [3.63, 3.8) is 0 Å². The van der Waals surface area contributed by atoms with Gasteiger partial charge in [-0.25, -0.2) is 4.79 Å². The molecule has 0 fully saturated rings. The first-order valence-electron chi connectivity index (χ1n) is 7.82. The maximum atomic E-state index is 12.1. The first-order chi connectivity index (χ1) is 12.1. The van der Waals surface area contributed by atoms with Crippen LogP contribution in [0.4, 0.5) is 0 Å². The van der Waals surface area contributed by atoms with Crippen molar-refractivity contribution in [1.29, 1.82) is 0 Å². The number of carbonyl (C=O) groups excluding carboxylic acids is 2. The van der Waals surface area contributed by atoms with Crippen LogP contribution in [0.2, 0.25) is 0 Å². The molecule has 1 atom stereocenters. The fourth-order valence-electron chi connectivity index (χ4n) is 2.29. The summed E-state index contributed by atoms with van der Waals surface area (Å²) in [7, 11) is 1.30. The predicted molar refractivity (Wildman–Crippen MR) is 97.9 cm³/mol. The molecule has 6 heteroatoms. The van der Waals surface area contributed by atoms with Gasteiger partial charge in [0.15, 0.2) is 0 Å². The molecule has 0 aliphatic carbocycles. The van der Waals surface area contributed by atoms with Crippen molar-refractivity contribution in [1.82, 2.24) is 5.32 Å². The monoisotopic (exact) mass is 405 g/mol. The second-order valence-electron chi connectivity index (χ2n) is 5.42. The van der Waals surface area contributed by atoms with Gasteiger partial charge in [-0.2, -0.15) is 0 Å². The molecule has 0 unspecified atom stereocenters. The predicted octanol–water partition coefficient (Wildman–Crippen LogP) is 2.87. The van der Waals surface area contributed by atoms with E-state index in [2.05, 4.69) is 21.2 Å². The minimum Gasteiger partial charge on any atom is -0.467 e. The SMILES string of the molecule is COC(=O)[C@@H](Cc1ccccc1Br)NC(=O)COCc1ccccc1. The molecular formula is C19H20BrNO4. The molecule has 1 N–H and O–H groups in total. The summed E-state index contributed by atoms with van der Waals surface area (Å²) < 4.78 is 11.1. The van der Waals surface area contributed by atoms with Crippen LogP contribution in [0.3, 0.4) is 0 Å². The summed E-state index contributed by atoms with van der Waals surface area (Å²) in [5.41, 5.74) is 1.89. The summed E-state index contributed by atoms with van der Waals surface area (Å²) >= 11 is 3.44. The molecular weight excluding hydrogens is 386 g/mol. The number of halogens is 1. The zero-order valence-electron chi connectivity index (χ0n) is 13.9. The van der Waals surface area contributed by atoms with E-state index < -0.39 is 12.0 Å². The maximum Gasteiger partial charge on any atom is 0.328 e. The van der Waals surface area contributed by atoms with Gasteiger partial charge in [-0.1, -0.05) is 64.5 Å². The number of methoxy groups -OCH3 is 1. The summed E-state index contributed by atoms with van der Waals surface area (Å²) in [6.45, 7) is 0.208. The first kappa shape index (κ1) is 19.1. The Morgan fingerprint density at radius 1 is 1.08 bits per heavy atom. The largest absolute Gasteiger partial charge is 0.467 e. The van der Waals surface area contributed by atoms with Crippen molar-refractivity contribution in [3.8, 4) is 0 Å². The van der Waals surface area contributed by atoms with Crippen LogP contribution >= 0.6 is 15.9 Å². The maximum absolute atomic E-state index is 12.1. The Hall–Kier alpha value is -2.18. The van der Waals surface area contributed by atoms with Crippen LogP contribution in [0, 0.1) is 0 Å². The van der Waals surface area contributed by atoms with Crippen LogP contribution in [0.1, 0.15) is 11.1 Å². The Morgan fingerprint density at radius 3 is 2.44 bits per heavy atom. The van der Waals surface area contributed by atoms with Gasteiger partial charge >= 0.3 is 5.97 Å². The average Bonchev–Trinajstić information content (AvgIpc) is 2.63. The van der Waals surface area contributed by atoms with Gasteiger partial charge in [-0.15, -0.1) is 0 Å². The quantitative estimate of drug-likeness (QED) is 0.685. The number of carbonyl (C=O) groups is 2. The lowest BCUT2D eigenvalue weighted by molar-refractivity contribution is -0.145. The molecule has 0 saturated heterocycles. The second kappa shape index (κ2) is 9.96. The zero-order chi connectivity index (χ0) is 18.1. The second-order valence-corrected chi connectivity index (χ2v) is 6.27. The molecule has 0 radical (unpaired) electrons. The smallest absolute Gasteiger partial charge is 0.328 e. The van der Waals surface area contributed by atoms with E-state index >= 15 is 0 Å². The third kappa shape index (κ3) is 6.32. The summed E-state index contributed by atoms with van der Waals surface area (Å²) in [5.74, 6) is -0.856.